The van der Waals surface area contributed by atoms with E-state index in [1.807, 2.05) is 0 Å². The maximum atomic E-state index is 8.61. The SMILES string of the molecule is CCN(CC)Cc1ncc(C#N)s1. The first kappa shape index (κ1) is 10.2. The van der Waals surface area contributed by atoms with Crippen LogP contribution in [0.4, 0.5) is 0 Å². The molecule has 0 radical (unpaired) electrons. The molecule has 0 fully saturated rings. The van der Waals surface area contributed by atoms with Gasteiger partial charge in [-0.3, -0.25) is 4.90 Å². The quantitative estimate of drug-likeness (QED) is 0.736. The van der Waals surface area contributed by atoms with E-state index in [0.717, 1.165) is 24.6 Å². The van der Waals surface area contributed by atoms with Gasteiger partial charge in [-0.25, -0.2) is 4.98 Å². The van der Waals surface area contributed by atoms with Crippen molar-refractivity contribution in [2.45, 2.75) is 20.4 Å². The molecule has 1 heterocycles. The Kier molecular flexibility index (Phi) is 3.87. The van der Waals surface area contributed by atoms with Crippen LogP contribution in [0.1, 0.15) is 23.7 Å². The van der Waals surface area contributed by atoms with Gasteiger partial charge in [0, 0.05) is 0 Å². The molecule has 13 heavy (non-hydrogen) atoms. The van der Waals surface area contributed by atoms with Gasteiger partial charge in [-0.15, -0.1) is 11.3 Å². The third-order valence-electron chi connectivity index (χ3n) is 1.92. The van der Waals surface area contributed by atoms with Gasteiger partial charge in [-0.1, -0.05) is 13.8 Å². The number of nitrogens with zero attached hydrogens (tertiary/aromatic N) is 3. The van der Waals surface area contributed by atoms with Crippen molar-refractivity contribution in [3.05, 3.63) is 16.1 Å². The number of nitriles is 1. The van der Waals surface area contributed by atoms with Gasteiger partial charge in [-0.2, -0.15) is 5.26 Å². The van der Waals surface area contributed by atoms with Crippen molar-refractivity contribution in [2.75, 3.05) is 13.1 Å². The average Bonchev–Trinajstić information content (AvgIpc) is 2.61. The van der Waals surface area contributed by atoms with Crippen molar-refractivity contribution >= 4 is 11.3 Å². The normalized spacial score (nSPS) is 10.3. The lowest BCUT2D eigenvalue weighted by molar-refractivity contribution is 0.295. The molecule has 0 saturated carbocycles. The minimum absolute atomic E-state index is 0.696. The van der Waals surface area contributed by atoms with E-state index in [9.17, 15) is 0 Å². The first-order chi connectivity index (χ1) is 6.30. The Hall–Kier alpha value is -0.920. The van der Waals surface area contributed by atoms with Crippen molar-refractivity contribution < 1.29 is 0 Å². The zero-order chi connectivity index (χ0) is 9.68. The minimum Gasteiger partial charge on any atom is -0.297 e. The average molecular weight is 195 g/mol. The molecule has 4 heteroatoms. The maximum Gasteiger partial charge on any atom is 0.124 e. The molecule has 0 N–H and O–H groups in total. The number of aromatic nitrogens is 1. The van der Waals surface area contributed by atoms with Gasteiger partial charge in [0.2, 0.25) is 0 Å². The first-order valence-corrected chi connectivity index (χ1v) is 5.19. The van der Waals surface area contributed by atoms with Crippen LogP contribution < -0.4 is 0 Å². The zero-order valence-corrected chi connectivity index (χ0v) is 8.77. The molecule has 1 rings (SSSR count). The fraction of sp³-hybridized carbons (Fsp3) is 0.556. The summed E-state index contributed by atoms with van der Waals surface area (Å²) in [5.41, 5.74) is 0. The maximum absolute atomic E-state index is 8.61. The van der Waals surface area contributed by atoms with Crippen LogP contribution in [0.25, 0.3) is 0 Å². The molecule has 0 aliphatic carbocycles. The molecule has 0 atom stereocenters. The Morgan fingerprint density at radius 3 is 2.69 bits per heavy atom. The Balaban J connectivity index is 2.58. The van der Waals surface area contributed by atoms with Crippen LogP contribution in [0.15, 0.2) is 6.20 Å². The van der Waals surface area contributed by atoms with Gasteiger partial charge >= 0.3 is 0 Å². The predicted octanol–water partition coefficient (Wildman–Crippen LogP) is 1.86. The standard InChI is InChI=1S/C9H13N3S/c1-3-12(4-2)7-9-11-6-8(5-10)13-9/h6H,3-4,7H2,1-2H3. The van der Waals surface area contributed by atoms with Crippen molar-refractivity contribution in [2.24, 2.45) is 0 Å². The molecule has 0 bridgehead atoms. The van der Waals surface area contributed by atoms with Crippen LogP contribution in [-0.2, 0) is 6.54 Å². The summed E-state index contributed by atoms with van der Waals surface area (Å²) in [4.78, 5) is 7.15. The summed E-state index contributed by atoms with van der Waals surface area (Å²) in [7, 11) is 0. The highest BCUT2D eigenvalue weighted by Gasteiger charge is 2.05. The fourth-order valence-electron chi connectivity index (χ4n) is 1.07. The predicted molar refractivity (Wildman–Crippen MR) is 53.5 cm³/mol. The summed E-state index contributed by atoms with van der Waals surface area (Å²) in [5.74, 6) is 0. The topological polar surface area (TPSA) is 39.9 Å². The molecule has 0 amide bonds. The largest absolute Gasteiger partial charge is 0.297 e. The molecule has 0 unspecified atom stereocenters. The highest BCUT2D eigenvalue weighted by Crippen LogP contribution is 2.13. The van der Waals surface area contributed by atoms with Gasteiger partial charge in [0.05, 0.1) is 12.7 Å². The lowest BCUT2D eigenvalue weighted by Gasteiger charge is -2.15. The molecule has 0 saturated heterocycles. The zero-order valence-electron chi connectivity index (χ0n) is 7.95. The van der Waals surface area contributed by atoms with E-state index in [0.29, 0.717) is 4.88 Å². The Labute approximate surface area is 82.6 Å². The molecule has 1 aromatic rings. The van der Waals surface area contributed by atoms with E-state index >= 15 is 0 Å². The van der Waals surface area contributed by atoms with E-state index in [1.165, 1.54) is 11.3 Å². The summed E-state index contributed by atoms with van der Waals surface area (Å²) in [6.45, 7) is 7.17. The molecule has 0 spiro atoms. The van der Waals surface area contributed by atoms with Gasteiger partial charge < -0.3 is 0 Å². The Morgan fingerprint density at radius 1 is 1.54 bits per heavy atom. The number of rotatable bonds is 4. The molecule has 0 aliphatic heterocycles. The van der Waals surface area contributed by atoms with Gasteiger partial charge in [-0.05, 0) is 13.1 Å². The second-order valence-corrected chi connectivity index (χ2v) is 3.81. The van der Waals surface area contributed by atoms with Crippen molar-refractivity contribution in [1.29, 1.82) is 5.26 Å². The second-order valence-electron chi connectivity index (χ2n) is 2.69. The Bertz CT molecular complexity index is 296. The van der Waals surface area contributed by atoms with Crippen LogP contribution in [0.2, 0.25) is 0 Å². The van der Waals surface area contributed by atoms with E-state index in [1.54, 1.807) is 6.20 Å². The Morgan fingerprint density at radius 2 is 2.23 bits per heavy atom. The molecule has 70 valence electrons. The molecule has 0 aromatic carbocycles. The summed E-state index contributed by atoms with van der Waals surface area (Å²) >= 11 is 1.48. The summed E-state index contributed by atoms with van der Waals surface area (Å²) < 4.78 is 0. The summed E-state index contributed by atoms with van der Waals surface area (Å²) in [5, 5.41) is 9.63. The van der Waals surface area contributed by atoms with E-state index in [-0.39, 0.29) is 0 Å². The molecule has 0 aliphatic rings. The third-order valence-corrected chi connectivity index (χ3v) is 2.80. The van der Waals surface area contributed by atoms with Crippen molar-refractivity contribution in [1.82, 2.24) is 9.88 Å². The van der Waals surface area contributed by atoms with Gasteiger partial charge in [0.15, 0.2) is 0 Å². The van der Waals surface area contributed by atoms with Crippen molar-refractivity contribution in [3.8, 4) is 6.07 Å². The molecular formula is C9H13N3S. The van der Waals surface area contributed by atoms with E-state index in [4.69, 9.17) is 5.26 Å². The highest BCUT2D eigenvalue weighted by molar-refractivity contribution is 7.12. The molecule has 1 aromatic heterocycles. The summed E-state index contributed by atoms with van der Waals surface area (Å²) in [6.07, 6.45) is 1.64. The van der Waals surface area contributed by atoms with Gasteiger partial charge in [0.1, 0.15) is 16.0 Å². The van der Waals surface area contributed by atoms with Crippen LogP contribution in [0.3, 0.4) is 0 Å². The highest BCUT2D eigenvalue weighted by atomic mass is 32.1. The first-order valence-electron chi connectivity index (χ1n) is 4.37. The molecular weight excluding hydrogens is 182 g/mol. The number of hydrogen-bond acceptors (Lipinski definition) is 4. The monoisotopic (exact) mass is 195 g/mol. The summed E-state index contributed by atoms with van der Waals surface area (Å²) in [6, 6.07) is 2.09. The number of thiazole rings is 1. The van der Waals surface area contributed by atoms with E-state index in [2.05, 4.69) is 29.8 Å². The lowest BCUT2D eigenvalue weighted by Crippen LogP contribution is -2.21. The fourth-order valence-corrected chi connectivity index (χ4v) is 1.83. The lowest BCUT2D eigenvalue weighted by atomic mass is 10.5. The van der Waals surface area contributed by atoms with Gasteiger partial charge in [0.25, 0.3) is 0 Å². The number of hydrogen-bond donors (Lipinski definition) is 0. The van der Waals surface area contributed by atoms with Crippen LogP contribution in [-0.4, -0.2) is 23.0 Å². The van der Waals surface area contributed by atoms with Crippen LogP contribution in [0, 0.1) is 11.3 Å². The second kappa shape index (κ2) is 4.95. The van der Waals surface area contributed by atoms with E-state index < -0.39 is 0 Å². The smallest absolute Gasteiger partial charge is 0.124 e. The van der Waals surface area contributed by atoms with Crippen LogP contribution in [0.5, 0.6) is 0 Å². The van der Waals surface area contributed by atoms with Crippen LogP contribution >= 0.6 is 11.3 Å². The minimum atomic E-state index is 0.696. The van der Waals surface area contributed by atoms with Crippen molar-refractivity contribution in [3.63, 3.8) is 0 Å². The third kappa shape index (κ3) is 2.79. The molecule has 3 nitrogen and oxygen atoms in total.